The number of benzene rings is 2. The molecule has 1 amide bonds. The second-order valence-electron chi connectivity index (χ2n) is 7.70. The number of imidazole rings is 1. The first-order valence-corrected chi connectivity index (χ1v) is 13.1. The molecule has 5 rings (SSSR count). The van der Waals surface area contributed by atoms with Crippen LogP contribution in [0.4, 0.5) is 0 Å². The van der Waals surface area contributed by atoms with Gasteiger partial charge in [-0.3, -0.25) is 9.20 Å². The van der Waals surface area contributed by atoms with Gasteiger partial charge in [-0.05, 0) is 37.6 Å². The monoisotopic (exact) mass is 454 g/mol. The molecule has 3 heterocycles. The number of rotatable bonds is 5. The van der Waals surface area contributed by atoms with Crippen molar-refractivity contribution in [2.75, 3.05) is 23.8 Å². The van der Waals surface area contributed by atoms with Crippen LogP contribution in [-0.2, 0) is 14.6 Å². The van der Waals surface area contributed by atoms with E-state index in [4.69, 9.17) is 9.97 Å². The Morgan fingerprint density at radius 1 is 1.13 bits per heavy atom. The molecule has 160 valence electrons. The van der Waals surface area contributed by atoms with E-state index in [9.17, 15) is 13.2 Å². The van der Waals surface area contributed by atoms with Crippen molar-refractivity contribution in [3.63, 3.8) is 0 Å². The van der Waals surface area contributed by atoms with Crippen molar-refractivity contribution in [1.29, 1.82) is 0 Å². The Balaban J connectivity index is 1.50. The van der Waals surface area contributed by atoms with Gasteiger partial charge in [0.05, 0.1) is 33.8 Å². The van der Waals surface area contributed by atoms with Crippen molar-refractivity contribution in [3.8, 4) is 0 Å². The molecule has 0 N–H and O–H groups in total. The molecule has 1 saturated heterocycles. The Morgan fingerprint density at radius 2 is 1.87 bits per heavy atom. The van der Waals surface area contributed by atoms with E-state index in [-0.39, 0.29) is 29.2 Å². The van der Waals surface area contributed by atoms with Gasteiger partial charge >= 0.3 is 0 Å². The van der Waals surface area contributed by atoms with Crippen LogP contribution >= 0.6 is 11.8 Å². The first-order valence-electron chi connectivity index (χ1n) is 10.3. The van der Waals surface area contributed by atoms with Crippen LogP contribution < -0.4 is 0 Å². The molecule has 0 spiro atoms. The highest BCUT2D eigenvalue weighted by atomic mass is 32.2. The molecule has 9 heteroatoms. The Hall–Kier alpha value is -2.65. The van der Waals surface area contributed by atoms with E-state index in [1.165, 1.54) is 11.8 Å². The minimum absolute atomic E-state index is 0.0574. The van der Waals surface area contributed by atoms with E-state index in [1.54, 1.807) is 4.90 Å². The van der Waals surface area contributed by atoms with Crippen molar-refractivity contribution in [1.82, 2.24) is 19.3 Å². The highest BCUT2D eigenvalue weighted by Crippen LogP contribution is 2.29. The lowest BCUT2D eigenvalue weighted by atomic mass is 10.2. The SMILES string of the molecule is CCN(C(=O)CSc1nc2ccccc2c2nc3ccccc3n12)[C@H]1CCS(=O)(=O)C1. The van der Waals surface area contributed by atoms with E-state index < -0.39 is 9.84 Å². The molecule has 7 nitrogen and oxygen atoms in total. The molecule has 0 aliphatic carbocycles. The minimum Gasteiger partial charge on any atom is -0.338 e. The second-order valence-corrected chi connectivity index (χ2v) is 10.9. The Bertz CT molecular complexity index is 1410. The lowest BCUT2D eigenvalue weighted by Crippen LogP contribution is -2.42. The number of fused-ring (bicyclic) bond motifs is 5. The topological polar surface area (TPSA) is 84.6 Å². The van der Waals surface area contributed by atoms with Gasteiger partial charge in [0.1, 0.15) is 5.65 Å². The second kappa shape index (κ2) is 7.80. The lowest BCUT2D eigenvalue weighted by Gasteiger charge is -2.26. The number of thioether (sulfide) groups is 1. The van der Waals surface area contributed by atoms with Gasteiger partial charge < -0.3 is 4.90 Å². The molecule has 1 aliphatic rings. The van der Waals surface area contributed by atoms with Gasteiger partial charge in [-0.15, -0.1) is 0 Å². The fourth-order valence-electron chi connectivity index (χ4n) is 4.28. The average Bonchev–Trinajstić information content (AvgIpc) is 3.33. The zero-order chi connectivity index (χ0) is 21.6. The zero-order valence-corrected chi connectivity index (χ0v) is 18.7. The van der Waals surface area contributed by atoms with Gasteiger partial charge in [0.15, 0.2) is 15.0 Å². The smallest absolute Gasteiger partial charge is 0.233 e. The summed E-state index contributed by atoms with van der Waals surface area (Å²) in [5, 5.41) is 1.66. The molecule has 0 bridgehead atoms. The third-order valence-electron chi connectivity index (χ3n) is 5.75. The predicted molar refractivity (Wildman–Crippen MR) is 123 cm³/mol. The Labute approximate surface area is 184 Å². The van der Waals surface area contributed by atoms with Crippen LogP contribution in [-0.4, -0.2) is 63.4 Å². The quantitative estimate of drug-likeness (QED) is 0.340. The third-order valence-corrected chi connectivity index (χ3v) is 8.42. The molecule has 2 aromatic carbocycles. The van der Waals surface area contributed by atoms with E-state index in [1.807, 2.05) is 59.9 Å². The van der Waals surface area contributed by atoms with Crippen LogP contribution in [0.5, 0.6) is 0 Å². The summed E-state index contributed by atoms with van der Waals surface area (Å²) >= 11 is 1.37. The molecular weight excluding hydrogens is 432 g/mol. The lowest BCUT2D eigenvalue weighted by molar-refractivity contribution is -0.129. The van der Waals surface area contributed by atoms with E-state index in [2.05, 4.69) is 0 Å². The number of carbonyl (C=O) groups is 1. The summed E-state index contributed by atoms with van der Waals surface area (Å²) in [6.45, 7) is 2.39. The number of amides is 1. The van der Waals surface area contributed by atoms with E-state index in [0.29, 0.717) is 18.1 Å². The molecule has 31 heavy (non-hydrogen) atoms. The van der Waals surface area contributed by atoms with Crippen molar-refractivity contribution in [3.05, 3.63) is 48.5 Å². The highest BCUT2D eigenvalue weighted by Gasteiger charge is 2.33. The predicted octanol–water partition coefficient (Wildman–Crippen LogP) is 3.16. The van der Waals surface area contributed by atoms with Gasteiger partial charge in [-0.2, -0.15) is 0 Å². The Morgan fingerprint density at radius 3 is 2.61 bits per heavy atom. The largest absolute Gasteiger partial charge is 0.338 e. The number of sulfone groups is 1. The minimum atomic E-state index is -3.05. The van der Waals surface area contributed by atoms with Crippen LogP contribution in [0.25, 0.3) is 27.6 Å². The average molecular weight is 455 g/mol. The van der Waals surface area contributed by atoms with Gasteiger partial charge in [0, 0.05) is 18.0 Å². The maximum absolute atomic E-state index is 13.0. The zero-order valence-electron chi connectivity index (χ0n) is 17.1. The van der Waals surface area contributed by atoms with Crippen molar-refractivity contribution in [2.24, 2.45) is 0 Å². The number of hydrogen-bond acceptors (Lipinski definition) is 6. The standard InChI is InChI=1S/C22H22N4O3S2/c1-2-25(15-11-12-31(28,29)14-15)20(27)13-30-22-24-17-8-4-3-7-16(17)21-23-18-9-5-6-10-19(18)26(21)22/h3-10,15H,2,11-14H2,1H3/t15-/m0/s1. The molecule has 1 fully saturated rings. The van der Waals surface area contributed by atoms with Crippen molar-refractivity contribution >= 4 is 55.1 Å². The molecule has 4 aromatic rings. The van der Waals surface area contributed by atoms with Crippen LogP contribution in [0.3, 0.4) is 0 Å². The first-order chi connectivity index (χ1) is 15.0. The summed E-state index contributed by atoms with van der Waals surface area (Å²) in [7, 11) is -3.05. The van der Waals surface area contributed by atoms with Gasteiger partial charge in [0.2, 0.25) is 5.91 Å². The number of hydrogen-bond donors (Lipinski definition) is 0. The fraction of sp³-hybridized carbons (Fsp3) is 0.318. The van der Waals surface area contributed by atoms with Crippen LogP contribution in [0.15, 0.2) is 53.7 Å². The van der Waals surface area contributed by atoms with Gasteiger partial charge in [-0.1, -0.05) is 36.0 Å². The maximum atomic E-state index is 13.0. The normalized spacial score (nSPS) is 18.2. The van der Waals surface area contributed by atoms with Crippen LogP contribution in [0.2, 0.25) is 0 Å². The summed E-state index contributed by atoms with van der Waals surface area (Å²) in [4.78, 5) is 24.3. The van der Waals surface area contributed by atoms with Crippen molar-refractivity contribution < 1.29 is 13.2 Å². The van der Waals surface area contributed by atoms with Gasteiger partial charge in [-0.25, -0.2) is 18.4 Å². The number of nitrogens with zero attached hydrogens (tertiary/aromatic N) is 4. The van der Waals surface area contributed by atoms with Crippen molar-refractivity contribution in [2.45, 2.75) is 24.5 Å². The maximum Gasteiger partial charge on any atom is 0.233 e. The Kier molecular flexibility index (Phi) is 5.10. The van der Waals surface area contributed by atoms with Gasteiger partial charge in [0.25, 0.3) is 0 Å². The summed E-state index contributed by atoms with van der Waals surface area (Å²) in [5.74, 6) is 0.337. The summed E-state index contributed by atoms with van der Waals surface area (Å²) < 4.78 is 25.7. The number of para-hydroxylation sites is 3. The molecule has 0 saturated carbocycles. The molecule has 1 atom stereocenters. The summed E-state index contributed by atoms with van der Waals surface area (Å²) in [6.07, 6.45) is 0.511. The van der Waals surface area contributed by atoms with Crippen LogP contribution in [0.1, 0.15) is 13.3 Å². The van der Waals surface area contributed by atoms with E-state index >= 15 is 0 Å². The molecule has 0 radical (unpaired) electrons. The molecule has 1 aliphatic heterocycles. The van der Waals surface area contributed by atoms with Crippen LogP contribution in [0, 0.1) is 0 Å². The third kappa shape index (κ3) is 3.65. The fourth-order valence-corrected chi connectivity index (χ4v) is 6.90. The number of carbonyl (C=O) groups excluding carboxylic acids is 1. The first kappa shape index (κ1) is 20.3. The van der Waals surface area contributed by atoms with E-state index in [0.717, 1.165) is 27.6 Å². The number of aromatic nitrogens is 3. The highest BCUT2D eigenvalue weighted by molar-refractivity contribution is 7.99. The molecule has 2 aromatic heterocycles. The molecule has 0 unspecified atom stereocenters. The summed E-state index contributed by atoms with van der Waals surface area (Å²) in [5.41, 5.74) is 3.46. The summed E-state index contributed by atoms with van der Waals surface area (Å²) in [6, 6.07) is 15.5. The molecular formula is C22H22N4O3S2.